The Bertz CT molecular complexity index is 537. The van der Waals surface area contributed by atoms with E-state index in [9.17, 15) is 8.42 Å². The fourth-order valence-electron chi connectivity index (χ4n) is 2.49. The minimum absolute atomic E-state index is 0.146. The minimum Gasteiger partial charge on any atom is -0.309 e. The van der Waals surface area contributed by atoms with Crippen LogP contribution in [-0.2, 0) is 16.3 Å². The van der Waals surface area contributed by atoms with Gasteiger partial charge in [0.05, 0.1) is 5.25 Å². The van der Waals surface area contributed by atoms with Gasteiger partial charge in [0.2, 0.25) is 0 Å². The normalized spacial score (nSPS) is 15.1. The molecule has 120 valence electrons. The topological polar surface area (TPSA) is 46.2 Å². The van der Waals surface area contributed by atoms with E-state index in [-0.39, 0.29) is 6.04 Å². The predicted octanol–water partition coefficient (Wildman–Crippen LogP) is 3.36. The van der Waals surface area contributed by atoms with E-state index in [0.717, 1.165) is 24.9 Å². The summed E-state index contributed by atoms with van der Waals surface area (Å²) in [6, 6.07) is 8.18. The predicted molar refractivity (Wildman–Crippen MR) is 90.3 cm³/mol. The van der Waals surface area contributed by atoms with E-state index in [4.69, 9.17) is 0 Å². The van der Waals surface area contributed by atoms with Gasteiger partial charge in [-0.15, -0.1) is 0 Å². The van der Waals surface area contributed by atoms with Crippen LogP contribution >= 0.6 is 0 Å². The molecule has 0 saturated heterocycles. The Balaban J connectivity index is 3.08. The van der Waals surface area contributed by atoms with Crippen LogP contribution in [0, 0.1) is 5.92 Å². The van der Waals surface area contributed by atoms with Crippen molar-refractivity contribution < 1.29 is 8.42 Å². The number of hydrogen-bond acceptors (Lipinski definition) is 3. The highest BCUT2D eigenvalue weighted by Crippen LogP contribution is 2.23. The third-order valence-corrected chi connectivity index (χ3v) is 5.34. The summed E-state index contributed by atoms with van der Waals surface area (Å²) in [5.41, 5.74) is 2.34. The maximum absolute atomic E-state index is 11.9. The standard InChI is InChI=1S/C17H29NO2S/c1-6-10-18-17(14(4)21(5,19)20)16-9-7-8-15(12-16)11-13(2)3/h7-9,12-14,17-18H,6,10-11H2,1-5H3. The second-order valence-corrected chi connectivity index (χ2v) is 8.71. The summed E-state index contributed by atoms with van der Waals surface area (Å²) in [7, 11) is -3.08. The van der Waals surface area contributed by atoms with Crippen LogP contribution in [0.3, 0.4) is 0 Å². The van der Waals surface area contributed by atoms with Crippen LogP contribution in [0.15, 0.2) is 24.3 Å². The van der Waals surface area contributed by atoms with Crippen molar-refractivity contribution in [3.8, 4) is 0 Å². The number of sulfone groups is 1. The van der Waals surface area contributed by atoms with E-state index in [1.54, 1.807) is 6.92 Å². The van der Waals surface area contributed by atoms with Crippen LogP contribution in [0.25, 0.3) is 0 Å². The third kappa shape index (κ3) is 5.79. The molecular formula is C17H29NO2S. The Kier molecular flexibility index (Phi) is 6.88. The Morgan fingerprint density at radius 2 is 1.86 bits per heavy atom. The first-order chi connectivity index (χ1) is 9.75. The summed E-state index contributed by atoms with van der Waals surface area (Å²) in [5, 5.41) is 2.96. The number of nitrogens with one attached hydrogen (secondary N) is 1. The van der Waals surface area contributed by atoms with E-state index < -0.39 is 15.1 Å². The van der Waals surface area contributed by atoms with Gasteiger partial charge >= 0.3 is 0 Å². The molecule has 0 spiro atoms. The SMILES string of the molecule is CCCNC(c1cccc(CC(C)C)c1)C(C)S(C)(=O)=O. The molecule has 0 fully saturated rings. The molecule has 0 saturated carbocycles. The molecule has 1 aromatic rings. The average Bonchev–Trinajstić information content (AvgIpc) is 2.37. The highest BCUT2D eigenvalue weighted by Gasteiger charge is 2.26. The summed E-state index contributed by atoms with van der Waals surface area (Å²) in [4.78, 5) is 0. The minimum atomic E-state index is -3.08. The van der Waals surface area contributed by atoms with E-state index in [1.165, 1.54) is 11.8 Å². The van der Waals surface area contributed by atoms with Crippen LogP contribution in [0.4, 0.5) is 0 Å². The summed E-state index contributed by atoms with van der Waals surface area (Å²) >= 11 is 0. The lowest BCUT2D eigenvalue weighted by Gasteiger charge is -2.25. The number of hydrogen-bond donors (Lipinski definition) is 1. The first kappa shape index (κ1) is 18.2. The van der Waals surface area contributed by atoms with Gasteiger partial charge in [-0.05, 0) is 43.4 Å². The molecule has 0 aliphatic rings. The Morgan fingerprint density at radius 3 is 2.38 bits per heavy atom. The van der Waals surface area contributed by atoms with E-state index in [1.807, 2.05) is 12.1 Å². The molecule has 1 aromatic carbocycles. The summed E-state index contributed by atoms with van der Waals surface area (Å²) in [5.74, 6) is 0.592. The van der Waals surface area contributed by atoms with Crippen molar-refractivity contribution in [3.63, 3.8) is 0 Å². The molecule has 2 atom stereocenters. The Hall–Kier alpha value is -0.870. The van der Waals surface area contributed by atoms with Crippen LogP contribution < -0.4 is 5.32 Å². The van der Waals surface area contributed by atoms with E-state index in [2.05, 4.69) is 38.2 Å². The van der Waals surface area contributed by atoms with E-state index >= 15 is 0 Å². The Morgan fingerprint density at radius 1 is 1.19 bits per heavy atom. The summed E-state index contributed by atoms with van der Waals surface area (Å²) in [6.45, 7) is 9.08. The Labute approximate surface area is 130 Å². The first-order valence-electron chi connectivity index (χ1n) is 7.76. The molecule has 2 unspecified atom stereocenters. The molecule has 1 rings (SSSR count). The maximum Gasteiger partial charge on any atom is 0.151 e. The second kappa shape index (κ2) is 7.95. The average molecular weight is 311 g/mol. The first-order valence-corrected chi connectivity index (χ1v) is 9.72. The lowest BCUT2D eigenvalue weighted by atomic mass is 9.97. The van der Waals surface area contributed by atoms with Gasteiger partial charge in [-0.1, -0.05) is 45.0 Å². The zero-order valence-corrected chi connectivity index (χ0v) is 14.7. The quantitative estimate of drug-likeness (QED) is 0.801. The van der Waals surface area contributed by atoms with Crippen molar-refractivity contribution in [2.75, 3.05) is 12.8 Å². The summed E-state index contributed by atoms with van der Waals surface area (Å²) in [6.07, 6.45) is 3.32. The van der Waals surface area contributed by atoms with Gasteiger partial charge in [0.15, 0.2) is 9.84 Å². The molecule has 0 radical (unpaired) electrons. The highest BCUT2D eigenvalue weighted by atomic mass is 32.2. The van der Waals surface area contributed by atoms with Crippen molar-refractivity contribution in [2.45, 2.75) is 51.8 Å². The summed E-state index contributed by atoms with van der Waals surface area (Å²) < 4.78 is 23.9. The van der Waals surface area contributed by atoms with Crippen molar-refractivity contribution in [3.05, 3.63) is 35.4 Å². The molecule has 4 heteroatoms. The van der Waals surface area contributed by atoms with Gasteiger partial charge in [-0.25, -0.2) is 8.42 Å². The number of rotatable bonds is 8. The van der Waals surface area contributed by atoms with Crippen LogP contribution in [0.1, 0.15) is 51.3 Å². The van der Waals surface area contributed by atoms with Gasteiger partial charge in [-0.2, -0.15) is 0 Å². The van der Waals surface area contributed by atoms with Crippen molar-refractivity contribution in [2.24, 2.45) is 5.92 Å². The van der Waals surface area contributed by atoms with Gasteiger partial charge in [-0.3, -0.25) is 0 Å². The monoisotopic (exact) mass is 311 g/mol. The molecule has 0 amide bonds. The lowest BCUT2D eigenvalue weighted by molar-refractivity contribution is 0.499. The van der Waals surface area contributed by atoms with Gasteiger partial charge < -0.3 is 5.32 Å². The molecule has 0 aromatic heterocycles. The van der Waals surface area contributed by atoms with Crippen LogP contribution in [0.2, 0.25) is 0 Å². The van der Waals surface area contributed by atoms with Gasteiger partial charge in [0.1, 0.15) is 0 Å². The fourth-order valence-corrected chi connectivity index (χ4v) is 3.23. The molecular weight excluding hydrogens is 282 g/mol. The molecule has 0 heterocycles. The molecule has 3 nitrogen and oxygen atoms in total. The molecule has 1 N–H and O–H groups in total. The van der Waals surface area contributed by atoms with Crippen LogP contribution in [0.5, 0.6) is 0 Å². The second-order valence-electron chi connectivity index (χ2n) is 6.31. The van der Waals surface area contributed by atoms with Crippen molar-refractivity contribution in [1.82, 2.24) is 5.32 Å². The maximum atomic E-state index is 11.9. The van der Waals surface area contributed by atoms with Gasteiger partial charge in [0, 0.05) is 12.3 Å². The van der Waals surface area contributed by atoms with Crippen molar-refractivity contribution >= 4 is 9.84 Å². The molecule has 21 heavy (non-hydrogen) atoms. The zero-order chi connectivity index (χ0) is 16.0. The zero-order valence-electron chi connectivity index (χ0n) is 13.9. The molecule has 0 aliphatic heterocycles. The van der Waals surface area contributed by atoms with Gasteiger partial charge in [0.25, 0.3) is 0 Å². The van der Waals surface area contributed by atoms with Crippen LogP contribution in [-0.4, -0.2) is 26.5 Å². The molecule has 0 bridgehead atoms. The lowest BCUT2D eigenvalue weighted by Crippen LogP contribution is -2.35. The highest BCUT2D eigenvalue weighted by molar-refractivity contribution is 7.91. The number of benzene rings is 1. The largest absolute Gasteiger partial charge is 0.309 e. The molecule has 0 aliphatic carbocycles. The van der Waals surface area contributed by atoms with Crippen molar-refractivity contribution in [1.29, 1.82) is 0 Å². The smallest absolute Gasteiger partial charge is 0.151 e. The van der Waals surface area contributed by atoms with E-state index in [0.29, 0.717) is 5.92 Å². The fraction of sp³-hybridized carbons (Fsp3) is 0.647. The third-order valence-electron chi connectivity index (χ3n) is 3.71.